The first-order valence-electron chi connectivity index (χ1n) is 9.49. The van der Waals surface area contributed by atoms with Crippen molar-refractivity contribution >= 4 is 11.8 Å². The van der Waals surface area contributed by atoms with Crippen LogP contribution in [0.3, 0.4) is 0 Å². The SMILES string of the molecule is [2H]CC(C(=O)/C([2H])=C(\[2H])c1ccc2c(c1)OCO2)(C([2H])([2H])[2H])C([2H])([2H])[2H]. The lowest BCUT2D eigenvalue weighted by molar-refractivity contribution is -0.121. The van der Waals surface area contributed by atoms with Gasteiger partial charge in [0.05, 0.1) is 2.74 Å². The average molecular weight is 241 g/mol. The molecule has 1 aliphatic heterocycles. The van der Waals surface area contributed by atoms with Crippen LogP contribution in [0.5, 0.6) is 11.5 Å². The molecule has 0 unspecified atom stereocenters. The number of carbonyl (C=O) groups excluding carboxylic acids is 1. The molecule has 1 aliphatic rings. The van der Waals surface area contributed by atoms with Crippen LogP contribution in [0.15, 0.2) is 24.3 Å². The molecule has 0 aromatic heterocycles. The van der Waals surface area contributed by atoms with E-state index in [4.69, 9.17) is 21.8 Å². The number of carbonyl (C=O) groups is 1. The van der Waals surface area contributed by atoms with Gasteiger partial charge < -0.3 is 9.47 Å². The minimum Gasteiger partial charge on any atom is -0.454 e. The maximum absolute atomic E-state index is 12.7. The van der Waals surface area contributed by atoms with Crippen molar-refractivity contribution in [3.05, 3.63) is 29.8 Å². The van der Waals surface area contributed by atoms with Gasteiger partial charge in [-0.1, -0.05) is 32.7 Å². The quantitative estimate of drug-likeness (QED) is 0.747. The Hall–Kier alpha value is -1.77. The molecule has 0 atom stereocenters. The summed E-state index contributed by atoms with van der Waals surface area (Å²) in [5.41, 5.74) is -3.03. The van der Waals surface area contributed by atoms with Gasteiger partial charge in [0.2, 0.25) is 6.79 Å². The first kappa shape index (κ1) is 4.84. The van der Waals surface area contributed by atoms with Crippen LogP contribution in [0.2, 0.25) is 0 Å². The second kappa shape index (κ2) is 4.24. The van der Waals surface area contributed by atoms with E-state index in [1.54, 1.807) is 0 Å². The van der Waals surface area contributed by atoms with E-state index in [1.165, 1.54) is 18.2 Å². The second-order valence-corrected chi connectivity index (χ2v) is 3.55. The van der Waals surface area contributed by atoms with Crippen LogP contribution in [-0.2, 0) is 4.79 Å². The number of ketones is 1. The zero-order valence-electron chi connectivity index (χ0n) is 17.9. The van der Waals surface area contributed by atoms with Crippen molar-refractivity contribution in [2.75, 3.05) is 6.79 Å². The van der Waals surface area contributed by atoms with E-state index >= 15 is 0 Å². The van der Waals surface area contributed by atoms with Crippen molar-refractivity contribution in [2.45, 2.75) is 20.6 Å². The van der Waals surface area contributed by atoms with Crippen molar-refractivity contribution < 1.29 is 26.6 Å². The molecule has 1 aromatic carbocycles. The predicted molar refractivity (Wildman–Crippen MR) is 66.1 cm³/mol. The molecule has 0 radical (unpaired) electrons. The van der Waals surface area contributed by atoms with Crippen LogP contribution in [-0.4, -0.2) is 12.6 Å². The van der Waals surface area contributed by atoms with Gasteiger partial charge >= 0.3 is 0 Å². The predicted octanol–water partition coefficient (Wildman–Crippen LogP) is 3.04. The van der Waals surface area contributed by atoms with Crippen LogP contribution in [0.25, 0.3) is 6.05 Å². The lowest BCUT2D eigenvalue weighted by Gasteiger charge is -2.12. The third-order valence-electron chi connectivity index (χ3n) is 2.08. The highest BCUT2D eigenvalue weighted by Crippen LogP contribution is 2.32. The summed E-state index contributed by atoms with van der Waals surface area (Å²) < 4.78 is 78.6. The molecule has 0 fully saturated rings. The van der Waals surface area contributed by atoms with Crippen molar-refractivity contribution in [1.82, 2.24) is 0 Å². The Morgan fingerprint density at radius 2 is 2.29 bits per heavy atom. The highest BCUT2D eigenvalue weighted by atomic mass is 16.7. The van der Waals surface area contributed by atoms with Gasteiger partial charge in [0.15, 0.2) is 17.3 Å². The fourth-order valence-corrected chi connectivity index (χ4v) is 1.21. The van der Waals surface area contributed by atoms with Crippen LogP contribution < -0.4 is 9.47 Å². The molecule has 0 saturated carbocycles. The monoisotopic (exact) mass is 241 g/mol. The molecule has 17 heavy (non-hydrogen) atoms. The van der Waals surface area contributed by atoms with E-state index < -0.39 is 43.9 Å². The van der Waals surface area contributed by atoms with Crippen molar-refractivity contribution in [2.24, 2.45) is 5.41 Å². The van der Waals surface area contributed by atoms with Crippen molar-refractivity contribution in [3.8, 4) is 11.5 Å². The lowest BCUT2D eigenvalue weighted by atomic mass is 9.90. The van der Waals surface area contributed by atoms with E-state index in [1.807, 2.05) is 0 Å². The molecule has 1 aromatic rings. The van der Waals surface area contributed by atoms with Gasteiger partial charge in [0.1, 0.15) is 0 Å². The first-order chi connectivity index (χ1) is 11.9. The Labute approximate surface area is 114 Å². The number of ether oxygens (including phenoxy) is 2. The Morgan fingerprint density at radius 3 is 3.06 bits per heavy atom. The number of rotatable bonds is 2. The van der Waals surface area contributed by atoms with Crippen LogP contribution >= 0.6 is 0 Å². The average Bonchev–Trinajstić information content (AvgIpc) is 2.99. The summed E-state index contributed by atoms with van der Waals surface area (Å²) in [6.07, 6.45) is 0. The molecule has 0 amide bonds. The molecule has 0 saturated heterocycles. The number of hydrogen-bond acceptors (Lipinski definition) is 3. The summed E-state index contributed by atoms with van der Waals surface area (Å²) in [6.45, 7) is -7.99. The molecule has 3 nitrogen and oxygen atoms in total. The Kier molecular flexibility index (Phi) is 1.21. The third-order valence-corrected chi connectivity index (χ3v) is 2.08. The number of benzene rings is 1. The van der Waals surface area contributed by atoms with E-state index in [-0.39, 0.29) is 18.1 Å². The summed E-state index contributed by atoms with van der Waals surface area (Å²) >= 11 is 0. The summed E-state index contributed by atoms with van der Waals surface area (Å²) in [5.74, 6) is -0.897. The van der Waals surface area contributed by atoms with E-state index in [2.05, 4.69) is 0 Å². The number of allylic oxidation sites excluding steroid dienone is 1. The normalized spacial score (nSPS) is 24.6. The van der Waals surface area contributed by atoms with Gasteiger partial charge in [-0.3, -0.25) is 4.79 Å². The van der Waals surface area contributed by atoms with Crippen molar-refractivity contribution in [1.29, 1.82) is 0 Å². The lowest BCUT2D eigenvalue weighted by Crippen LogP contribution is -2.17. The molecular weight excluding hydrogens is 216 g/mol. The van der Waals surface area contributed by atoms with Crippen molar-refractivity contribution in [3.63, 3.8) is 0 Å². The molecule has 1 heterocycles. The fraction of sp³-hybridized carbons (Fsp3) is 0.357. The standard InChI is InChI=1S/C14H16O3/c1-14(2,3)13(15)7-5-10-4-6-11-12(8-10)17-9-16-11/h4-8H,9H2,1-3H3/b7-5+/i1D,2D3,3D3,5D,7D. The summed E-state index contributed by atoms with van der Waals surface area (Å²) in [7, 11) is 0. The zero-order valence-corrected chi connectivity index (χ0v) is 8.87. The molecular formula is C14H16O3. The molecule has 0 spiro atoms. The summed E-state index contributed by atoms with van der Waals surface area (Å²) in [4.78, 5) is 12.7. The maximum Gasteiger partial charge on any atom is 0.231 e. The Bertz CT molecular complexity index is 735. The largest absolute Gasteiger partial charge is 0.454 e. The molecule has 3 heteroatoms. The minimum atomic E-state index is -3.35. The van der Waals surface area contributed by atoms with Gasteiger partial charge in [-0.15, -0.1) is 0 Å². The Balaban J connectivity index is 2.56. The van der Waals surface area contributed by atoms with Gasteiger partial charge in [0.25, 0.3) is 0 Å². The molecule has 0 aliphatic carbocycles. The van der Waals surface area contributed by atoms with Gasteiger partial charge in [-0.25, -0.2) is 0 Å². The number of fused-ring (bicyclic) bond motifs is 1. The van der Waals surface area contributed by atoms with Crippen LogP contribution in [0.4, 0.5) is 0 Å². The van der Waals surface area contributed by atoms with Crippen LogP contribution in [0, 0.1) is 5.41 Å². The molecule has 0 bridgehead atoms. The smallest absolute Gasteiger partial charge is 0.231 e. The fourth-order valence-electron chi connectivity index (χ4n) is 1.21. The van der Waals surface area contributed by atoms with E-state index in [0.717, 1.165) is 0 Å². The maximum atomic E-state index is 12.7. The second-order valence-electron chi connectivity index (χ2n) is 3.55. The number of hydrogen-bond donors (Lipinski definition) is 0. The van der Waals surface area contributed by atoms with E-state index in [0.29, 0.717) is 5.75 Å². The minimum absolute atomic E-state index is 0.0252. The topological polar surface area (TPSA) is 35.5 Å². The third kappa shape index (κ3) is 2.67. The summed E-state index contributed by atoms with van der Waals surface area (Å²) in [5, 5.41) is 0. The van der Waals surface area contributed by atoms with Gasteiger partial charge in [-0.2, -0.15) is 0 Å². The van der Waals surface area contributed by atoms with Crippen LogP contribution in [0.1, 0.15) is 38.5 Å². The Morgan fingerprint density at radius 1 is 1.47 bits per heavy atom. The molecule has 2 rings (SSSR count). The summed E-state index contributed by atoms with van der Waals surface area (Å²) in [6, 6.07) is 2.39. The molecule has 0 N–H and O–H groups in total. The highest BCUT2D eigenvalue weighted by molar-refractivity contribution is 5.97. The molecule has 90 valence electrons. The van der Waals surface area contributed by atoms with E-state index in [9.17, 15) is 4.79 Å². The van der Waals surface area contributed by atoms with Gasteiger partial charge in [0, 0.05) is 15.0 Å². The highest BCUT2D eigenvalue weighted by Gasteiger charge is 2.18. The van der Waals surface area contributed by atoms with Gasteiger partial charge in [-0.05, 0) is 23.7 Å². The zero-order chi connectivity index (χ0) is 19.9. The first-order valence-corrected chi connectivity index (χ1v) is 4.78.